The molecule has 0 atom stereocenters. The maximum atomic E-state index is 11.0. The molecule has 1 aromatic carbocycles. The number of amides is 1. The first-order chi connectivity index (χ1) is 7.61. The zero-order chi connectivity index (χ0) is 12.6. The third-order valence-electron chi connectivity index (χ3n) is 1.66. The quantitative estimate of drug-likeness (QED) is 0.459. The molecule has 0 aliphatic carbocycles. The van der Waals surface area contributed by atoms with Gasteiger partial charge in [0.2, 0.25) is 0 Å². The lowest BCUT2D eigenvalue weighted by Crippen LogP contribution is -2.12. The fraction of sp³-hybridized carbons (Fsp3) is 0.333. The van der Waals surface area contributed by atoms with Crippen molar-refractivity contribution in [3.8, 4) is 0 Å². The predicted molar refractivity (Wildman–Crippen MR) is 66.2 cm³/mol. The number of anilines is 1. The summed E-state index contributed by atoms with van der Waals surface area (Å²) in [5.74, 6) is -0.447. The van der Waals surface area contributed by atoms with E-state index < -0.39 is 5.91 Å². The van der Waals surface area contributed by atoms with Gasteiger partial charge in [-0.05, 0) is 37.1 Å². The third kappa shape index (κ3) is 5.14. The van der Waals surface area contributed by atoms with Crippen LogP contribution in [0.2, 0.25) is 0 Å². The summed E-state index contributed by atoms with van der Waals surface area (Å²) in [6, 6.07) is 5.70. The molecule has 0 heterocycles. The van der Waals surface area contributed by atoms with E-state index in [1.54, 1.807) is 0 Å². The summed E-state index contributed by atoms with van der Waals surface area (Å²) in [7, 11) is 0. The minimum absolute atomic E-state index is 0.447. The molecule has 1 aromatic rings. The van der Waals surface area contributed by atoms with E-state index in [2.05, 4.69) is 10.5 Å². The average molecular weight is 222 g/mol. The lowest BCUT2D eigenvalue weighted by atomic mass is 10.1. The maximum absolute atomic E-state index is 11.0. The van der Waals surface area contributed by atoms with Crippen molar-refractivity contribution < 1.29 is 10.0 Å². The summed E-state index contributed by atoms with van der Waals surface area (Å²) in [6.45, 7) is 7.89. The Labute approximate surface area is 96.0 Å². The number of oxime groups is 1. The lowest BCUT2D eigenvalue weighted by Gasteiger charge is -2.04. The topological polar surface area (TPSA) is 61.7 Å². The Morgan fingerprint density at radius 1 is 1.25 bits per heavy atom. The standard InChI is InChI=1S/C10H12N2O2.C2H6/c1-7-3-8(2)5-9(4-7)12-10(13)6-11-14;1-2/h3-6,14H,1-2H3,(H,12,13);1-2H3/b11-6+;. The van der Waals surface area contributed by atoms with Gasteiger partial charge < -0.3 is 10.5 Å². The Morgan fingerprint density at radius 3 is 2.19 bits per heavy atom. The van der Waals surface area contributed by atoms with Gasteiger partial charge in [0, 0.05) is 5.69 Å². The van der Waals surface area contributed by atoms with Crippen molar-refractivity contribution in [1.29, 1.82) is 0 Å². The van der Waals surface area contributed by atoms with E-state index in [1.807, 2.05) is 45.9 Å². The van der Waals surface area contributed by atoms with Gasteiger partial charge in [-0.25, -0.2) is 0 Å². The molecule has 16 heavy (non-hydrogen) atoms. The van der Waals surface area contributed by atoms with Crippen molar-refractivity contribution in [2.24, 2.45) is 5.16 Å². The summed E-state index contributed by atoms with van der Waals surface area (Å²) in [6.07, 6.45) is 0.817. The van der Waals surface area contributed by atoms with Gasteiger partial charge in [0.05, 0.1) is 0 Å². The molecule has 1 rings (SSSR count). The SMILES string of the molecule is CC.Cc1cc(C)cc(NC(=O)/C=N/O)c1. The van der Waals surface area contributed by atoms with Crippen LogP contribution >= 0.6 is 0 Å². The molecule has 0 aromatic heterocycles. The summed E-state index contributed by atoms with van der Waals surface area (Å²) in [4.78, 5) is 11.0. The molecule has 4 heteroatoms. The number of aryl methyl sites for hydroxylation is 2. The van der Waals surface area contributed by atoms with Crippen LogP contribution < -0.4 is 5.32 Å². The second kappa shape index (κ2) is 7.45. The summed E-state index contributed by atoms with van der Waals surface area (Å²) >= 11 is 0. The zero-order valence-electron chi connectivity index (χ0n) is 10.1. The van der Waals surface area contributed by atoms with E-state index in [-0.39, 0.29) is 0 Å². The van der Waals surface area contributed by atoms with Crippen LogP contribution in [0, 0.1) is 13.8 Å². The van der Waals surface area contributed by atoms with Crippen LogP contribution in [0.1, 0.15) is 25.0 Å². The Morgan fingerprint density at radius 2 is 1.75 bits per heavy atom. The van der Waals surface area contributed by atoms with E-state index in [9.17, 15) is 4.79 Å². The number of carbonyl (C=O) groups excluding carboxylic acids is 1. The molecule has 0 radical (unpaired) electrons. The minimum Gasteiger partial charge on any atom is -0.411 e. The smallest absolute Gasteiger partial charge is 0.270 e. The fourth-order valence-corrected chi connectivity index (χ4v) is 1.27. The highest BCUT2D eigenvalue weighted by Gasteiger charge is 1.99. The van der Waals surface area contributed by atoms with Crippen LogP contribution in [0.4, 0.5) is 5.69 Å². The number of benzene rings is 1. The van der Waals surface area contributed by atoms with Gasteiger partial charge >= 0.3 is 0 Å². The van der Waals surface area contributed by atoms with Crippen LogP contribution in [0.3, 0.4) is 0 Å². The van der Waals surface area contributed by atoms with Crippen LogP contribution in [-0.2, 0) is 4.79 Å². The van der Waals surface area contributed by atoms with Gasteiger partial charge in [-0.2, -0.15) is 0 Å². The first-order valence-electron chi connectivity index (χ1n) is 5.18. The predicted octanol–water partition coefficient (Wildman–Crippen LogP) is 2.73. The molecule has 0 spiro atoms. The number of hydrogen-bond acceptors (Lipinski definition) is 3. The van der Waals surface area contributed by atoms with Crippen LogP contribution in [0.15, 0.2) is 23.4 Å². The molecule has 0 saturated carbocycles. The second-order valence-electron chi connectivity index (χ2n) is 3.11. The van der Waals surface area contributed by atoms with Gasteiger partial charge in [-0.3, -0.25) is 4.79 Å². The normalized spacial score (nSPS) is 9.50. The van der Waals surface area contributed by atoms with Crippen LogP contribution in [-0.4, -0.2) is 17.3 Å². The molecule has 0 fully saturated rings. The molecule has 0 bridgehead atoms. The maximum Gasteiger partial charge on any atom is 0.270 e. The highest BCUT2D eigenvalue weighted by atomic mass is 16.4. The van der Waals surface area contributed by atoms with Crippen molar-refractivity contribution in [3.05, 3.63) is 29.3 Å². The van der Waals surface area contributed by atoms with E-state index in [0.29, 0.717) is 5.69 Å². The van der Waals surface area contributed by atoms with Crippen LogP contribution in [0.5, 0.6) is 0 Å². The Bertz CT molecular complexity index is 353. The monoisotopic (exact) mass is 222 g/mol. The molecular formula is C12H18N2O2. The minimum atomic E-state index is -0.447. The summed E-state index contributed by atoms with van der Waals surface area (Å²) < 4.78 is 0. The molecular weight excluding hydrogens is 204 g/mol. The molecule has 88 valence electrons. The van der Waals surface area contributed by atoms with Gasteiger partial charge in [-0.1, -0.05) is 25.1 Å². The van der Waals surface area contributed by atoms with Crippen molar-refractivity contribution in [2.45, 2.75) is 27.7 Å². The molecule has 0 aliphatic rings. The van der Waals surface area contributed by atoms with Gasteiger partial charge in [0.25, 0.3) is 5.91 Å². The summed E-state index contributed by atoms with van der Waals surface area (Å²) in [5, 5.41) is 13.3. The van der Waals surface area contributed by atoms with Gasteiger partial charge in [0.1, 0.15) is 6.21 Å². The van der Waals surface area contributed by atoms with Crippen molar-refractivity contribution >= 4 is 17.8 Å². The van der Waals surface area contributed by atoms with Crippen LogP contribution in [0.25, 0.3) is 0 Å². The molecule has 1 amide bonds. The van der Waals surface area contributed by atoms with Crippen molar-refractivity contribution in [1.82, 2.24) is 0 Å². The second-order valence-corrected chi connectivity index (χ2v) is 3.11. The van der Waals surface area contributed by atoms with E-state index >= 15 is 0 Å². The number of nitrogens with zero attached hydrogens (tertiary/aromatic N) is 1. The molecule has 0 unspecified atom stereocenters. The largest absolute Gasteiger partial charge is 0.411 e. The average Bonchev–Trinajstić information content (AvgIpc) is 2.19. The fourth-order valence-electron chi connectivity index (χ4n) is 1.27. The molecule has 0 saturated heterocycles. The lowest BCUT2D eigenvalue weighted by molar-refractivity contribution is -0.110. The Kier molecular flexibility index (Phi) is 6.59. The molecule has 0 aliphatic heterocycles. The summed E-state index contributed by atoms with van der Waals surface area (Å²) in [5.41, 5.74) is 2.84. The van der Waals surface area contributed by atoms with Gasteiger partial charge in [-0.15, -0.1) is 0 Å². The highest BCUT2D eigenvalue weighted by molar-refractivity contribution is 6.31. The zero-order valence-corrected chi connectivity index (χ0v) is 10.1. The van der Waals surface area contributed by atoms with E-state index in [4.69, 9.17) is 5.21 Å². The van der Waals surface area contributed by atoms with E-state index in [1.165, 1.54) is 0 Å². The molecule has 4 nitrogen and oxygen atoms in total. The Hall–Kier alpha value is -1.84. The van der Waals surface area contributed by atoms with Gasteiger partial charge in [0.15, 0.2) is 0 Å². The Balaban J connectivity index is 0.00000106. The number of nitrogens with one attached hydrogen (secondary N) is 1. The molecule has 2 N–H and O–H groups in total. The first kappa shape index (κ1) is 14.2. The van der Waals surface area contributed by atoms with E-state index in [0.717, 1.165) is 17.3 Å². The number of hydrogen-bond donors (Lipinski definition) is 2. The number of carbonyl (C=O) groups is 1. The third-order valence-corrected chi connectivity index (χ3v) is 1.66. The first-order valence-corrected chi connectivity index (χ1v) is 5.18. The number of rotatable bonds is 2. The highest BCUT2D eigenvalue weighted by Crippen LogP contribution is 2.13. The van der Waals surface area contributed by atoms with Crippen molar-refractivity contribution in [2.75, 3.05) is 5.32 Å². The van der Waals surface area contributed by atoms with Crippen molar-refractivity contribution in [3.63, 3.8) is 0 Å².